The Labute approximate surface area is 209 Å². The molecule has 0 saturated carbocycles. The molecule has 4 rings (SSSR count). The summed E-state index contributed by atoms with van der Waals surface area (Å²) in [5.74, 6) is -0.365. The van der Waals surface area contributed by atoms with Crippen molar-refractivity contribution in [1.82, 2.24) is 14.8 Å². The van der Waals surface area contributed by atoms with Gasteiger partial charge in [-0.15, -0.1) is 0 Å². The van der Waals surface area contributed by atoms with E-state index in [1.54, 1.807) is 18.3 Å². The van der Waals surface area contributed by atoms with Gasteiger partial charge in [0.15, 0.2) is 0 Å². The molecule has 2 aliphatic rings. The van der Waals surface area contributed by atoms with Crippen molar-refractivity contribution in [2.75, 3.05) is 26.2 Å². The van der Waals surface area contributed by atoms with Crippen LogP contribution < -0.4 is 5.73 Å². The molecule has 0 bridgehead atoms. The molecule has 2 atom stereocenters. The number of nitrogens with zero attached hydrogens (tertiary/aromatic N) is 3. The van der Waals surface area contributed by atoms with Crippen LogP contribution in [0.3, 0.4) is 0 Å². The molecule has 0 aliphatic carbocycles. The minimum atomic E-state index is -0.260. The molecule has 2 amide bonds. The zero-order valence-electron chi connectivity index (χ0n) is 18.2. The van der Waals surface area contributed by atoms with E-state index in [9.17, 15) is 9.59 Å². The smallest absolute Gasteiger partial charge is 0.255 e. The van der Waals surface area contributed by atoms with Crippen LogP contribution in [0.15, 0.2) is 36.7 Å². The lowest BCUT2D eigenvalue weighted by Crippen LogP contribution is -2.53. The Morgan fingerprint density at radius 1 is 1.00 bits per heavy atom. The zero-order valence-corrected chi connectivity index (χ0v) is 20.5. The van der Waals surface area contributed by atoms with Gasteiger partial charge in [-0.25, -0.2) is 0 Å². The third kappa shape index (κ3) is 5.62. The summed E-state index contributed by atoms with van der Waals surface area (Å²) in [5.41, 5.74) is 7.37. The molecule has 6 nitrogen and oxygen atoms in total. The summed E-state index contributed by atoms with van der Waals surface area (Å²) in [6.07, 6.45) is 6.43. The number of aromatic nitrogens is 1. The van der Waals surface area contributed by atoms with Gasteiger partial charge in [0.1, 0.15) is 0 Å². The highest BCUT2D eigenvalue weighted by Gasteiger charge is 2.37. The summed E-state index contributed by atoms with van der Waals surface area (Å²) in [7, 11) is 0. The van der Waals surface area contributed by atoms with E-state index in [1.807, 2.05) is 17.0 Å². The van der Waals surface area contributed by atoms with Crippen molar-refractivity contribution in [1.29, 1.82) is 0 Å². The number of carbonyl (C=O) groups excluding carboxylic acids is 2. The molecule has 0 spiro atoms. The molecule has 3 heterocycles. The number of amides is 2. The van der Waals surface area contributed by atoms with E-state index in [4.69, 9.17) is 40.5 Å². The number of hydrogen-bond acceptors (Lipinski definition) is 4. The quantitative estimate of drug-likeness (QED) is 0.651. The third-order valence-corrected chi connectivity index (χ3v) is 7.95. The molecule has 2 fully saturated rings. The van der Waals surface area contributed by atoms with Gasteiger partial charge in [-0.1, -0.05) is 40.9 Å². The van der Waals surface area contributed by atoms with E-state index < -0.39 is 0 Å². The number of rotatable bonds is 5. The van der Waals surface area contributed by atoms with E-state index in [0.29, 0.717) is 46.3 Å². The largest absolute Gasteiger partial charge is 0.369 e. The second-order valence-electron chi connectivity index (χ2n) is 8.88. The van der Waals surface area contributed by atoms with Crippen LogP contribution in [0.4, 0.5) is 0 Å². The predicted octanol–water partition coefficient (Wildman–Crippen LogP) is 4.31. The Bertz CT molecular complexity index is 1030. The minimum absolute atomic E-state index is 0.0591. The van der Waals surface area contributed by atoms with Crippen molar-refractivity contribution in [3.63, 3.8) is 0 Å². The minimum Gasteiger partial charge on any atom is -0.369 e. The Morgan fingerprint density at radius 3 is 2.42 bits per heavy atom. The number of pyridine rings is 1. The van der Waals surface area contributed by atoms with E-state index in [-0.39, 0.29) is 23.7 Å². The highest BCUT2D eigenvalue weighted by atomic mass is 35.5. The number of halogens is 3. The molecule has 33 heavy (non-hydrogen) atoms. The van der Waals surface area contributed by atoms with Gasteiger partial charge in [0.05, 0.1) is 26.5 Å². The van der Waals surface area contributed by atoms with Crippen molar-refractivity contribution < 1.29 is 9.59 Å². The summed E-state index contributed by atoms with van der Waals surface area (Å²) >= 11 is 18.3. The first-order valence-electron chi connectivity index (χ1n) is 11.2. The number of benzene rings is 1. The van der Waals surface area contributed by atoms with E-state index in [0.717, 1.165) is 37.8 Å². The van der Waals surface area contributed by atoms with Gasteiger partial charge in [0.25, 0.3) is 5.91 Å². The number of likely N-dealkylation sites (tertiary alicyclic amines) is 2. The molecular formula is C24H27Cl3N4O2. The molecule has 0 radical (unpaired) electrons. The Kier molecular flexibility index (Phi) is 7.80. The van der Waals surface area contributed by atoms with E-state index >= 15 is 0 Å². The second-order valence-corrected chi connectivity index (χ2v) is 10.1. The molecule has 1 aromatic heterocycles. The fourth-order valence-corrected chi connectivity index (χ4v) is 5.57. The molecule has 176 valence electrons. The standard InChI is InChI=1S/C24H27Cl3N4O2/c25-20-2-1-15(12-21(20)26)11-16-4-8-31(14-19(16)23(28)32)17-5-9-30(10-6-17)24(33)18-3-7-29-13-22(18)27/h1-3,7,12-13,16-17,19H,4-6,8-11,14H2,(H2,28,32)/t16-,19-/m1/s1. The van der Waals surface area contributed by atoms with Crippen LogP contribution in [-0.4, -0.2) is 58.8 Å². The lowest BCUT2D eigenvalue weighted by molar-refractivity contribution is -0.126. The monoisotopic (exact) mass is 508 g/mol. The lowest BCUT2D eigenvalue weighted by atomic mass is 9.80. The molecule has 1 aromatic carbocycles. The van der Waals surface area contributed by atoms with Gasteiger partial charge in [-0.3, -0.25) is 19.5 Å². The normalized spacial score (nSPS) is 22.3. The van der Waals surface area contributed by atoms with Gasteiger partial charge in [0, 0.05) is 38.1 Å². The Hall–Kier alpha value is -1.86. The molecule has 2 N–H and O–H groups in total. The number of carbonyl (C=O) groups is 2. The first kappa shape index (κ1) is 24.3. The maximum atomic E-state index is 12.8. The molecule has 2 saturated heterocycles. The molecule has 9 heteroatoms. The van der Waals surface area contributed by atoms with Crippen molar-refractivity contribution in [3.05, 3.63) is 62.9 Å². The highest BCUT2D eigenvalue weighted by molar-refractivity contribution is 6.42. The van der Waals surface area contributed by atoms with Crippen LogP contribution >= 0.6 is 34.8 Å². The summed E-state index contributed by atoms with van der Waals surface area (Å²) < 4.78 is 0. The van der Waals surface area contributed by atoms with Crippen LogP contribution in [-0.2, 0) is 11.2 Å². The maximum Gasteiger partial charge on any atom is 0.255 e. The van der Waals surface area contributed by atoms with Crippen LogP contribution in [0.5, 0.6) is 0 Å². The van der Waals surface area contributed by atoms with Crippen LogP contribution in [0.2, 0.25) is 15.1 Å². The van der Waals surface area contributed by atoms with Gasteiger partial charge < -0.3 is 10.6 Å². The summed E-state index contributed by atoms with van der Waals surface area (Å²) in [5, 5.41) is 1.42. The van der Waals surface area contributed by atoms with E-state index in [1.165, 1.54) is 6.20 Å². The topological polar surface area (TPSA) is 79.5 Å². The average Bonchev–Trinajstić information content (AvgIpc) is 2.81. The van der Waals surface area contributed by atoms with Crippen LogP contribution in [0.1, 0.15) is 35.2 Å². The molecule has 2 aromatic rings. The van der Waals surface area contributed by atoms with Crippen molar-refractivity contribution >= 4 is 46.6 Å². The maximum absolute atomic E-state index is 12.8. The number of primary amides is 1. The highest BCUT2D eigenvalue weighted by Crippen LogP contribution is 2.32. The van der Waals surface area contributed by atoms with Gasteiger partial charge >= 0.3 is 0 Å². The summed E-state index contributed by atoms with van der Waals surface area (Å²) in [4.78, 5) is 33.3. The average molecular weight is 510 g/mol. The lowest BCUT2D eigenvalue weighted by Gasteiger charge is -2.44. The Balaban J connectivity index is 1.35. The van der Waals surface area contributed by atoms with Gasteiger partial charge in [-0.2, -0.15) is 0 Å². The van der Waals surface area contributed by atoms with E-state index in [2.05, 4.69) is 9.88 Å². The molecular weight excluding hydrogens is 483 g/mol. The van der Waals surface area contributed by atoms with Crippen molar-refractivity contribution in [3.8, 4) is 0 Å². The summed E-state index contributed by atoms with van der Waals surface area (Å²) in [6, 6.07) is 7.61. The first-order chi connectivity index (χ1) is 15.8. The predicted molar refractivity (Wildman–Crippen MR) is 131 cm³/mol. The zero-order chi connectivity index (χ0) is 23.5. The SMILES string of the molecule is NC(=O)[C@@H]1CN(C2CCN(C(=O)c3ccncc3Cl)CC2)CC[C@@H]1Cc1ccc(Cl)c(Cl)c1. The van der Waals surface area contributed by atoms with Crippen molar-refractivity contribution in [2.24, 2.45) is 17.6 Å². The van der Waals surface area contributed by atoms with Crippen molar-refractivity contribution in [2.45, 2.75) is 31.7 Å². The number of piperidine rings is 2. The third-order valence-electron chi connectivity index (χ3n) is 6.91. The van der Waals surface area contributed by atoms with Crippen LogP contribution in [0.25, 0.3) is 0 Å². The Morgan fingerprint density at radius 2 is 1.76 bits per heavy atom. The second kappa shape index (κ2) is 10.6. The van der Waals surface area contributed by atoms with Gasteiger partial charge in [0.2, 0.25) is 5.91 Å². The fraction of sp³-hybridized carbons (Fsp3) is 0.458. The van der Waals surface area contributed by atoms with Crippen LogP contribution in [0, 0.1) is 11.8 Å². The molecule has 0 unspecified atom stereocenters. The summed E-state index contributed by atoms with van der Waals surface area (Å²) in [6.45, 7) is 2.87. The first-order valence-corrected chi connectivity index (χ1v) is 12.3. The fourth-order valence-electron chi connectivity index (χ4n) is 5.05. The number of nitrogens with two attached hydrogens (primary N) is 1. The number of hydrogen-bond donors (Lipinski definition) is 1. The molecule has 2 aliphatic heterocycles. The van der Waals surface area contributed by atoms with Gasteiger partial charge in [-0.05, 0) is 61.9 Å².